The third-order valence-electron chi connectivity index (χ3n) is 4.21. The van der Waals surface area contributed by atoms with Crippen molar-refractivity contribution >= 4 is 22.8 Å². The third kappa shape index (κ3) is 2.87. The van der Waals surface area contributed by atoms with Crippen molar-refractivity contribution in [2.45, 2.75) is 6.04 Å². The minimum atomic E-state index is -0.393. The summed E-state index contributed by atoms with van der Waals surface area (Å²) in [6.07, 6.45) is 0. The predicted molar refractivity (Wildman–Crippen MR) is 98.5 cm³/mol. The molecule has 1 N–H and O–H groups in total. The van der Waals surface area contributed by atoms with E-state index in [2.05, 4.69) is 5.32 Å². The maximum atomic E-state index is 11.1. The van der Waals surface area contributed by atoms with Gasteiger partial charge in [0.15, 0.2) is 0 Å². The molecule has 5 nitrogen and oxygen atoms in total. The highest BCUT2D eigenvalue weighted by Gasteiger charge is 2.26. The Morgan fingerprint density at radius 3 is 2.28 bits per heavy atom. The quantitative estimate of drug-likeness (QED) is 0.550. The summed E-state index contributed by atoms with van der Waals surface area (Å²) >= 11 is 0. The Hall–Kier alpha value is -3.47. The van der Waals surface area contributed by atoms with Gasteiger partial charge in [-0.1, -0.05) is 60.7 Å². The van der Waals surface area contributed by atoms with Gasteiger partial charge in [-0.15, -0.1) is 0 Å². The largest absolute Gasteiger partial charge is 0.371 e. The number of rotatable bonds is 3. The number of anilines is 1. The van der Waals surface area contributed by atoms with Crippen LogP contribution in [0.5, 0.6) is 0 Å². The van der Waals surface area contributed by atoms with Crippen molar-refractivity contribution in [2.75, 3.05) is 5.32 Å². The molecule has 1 aliphatic heterocycles. The van der Waals surface area contributed by atoms with Crippen LogP contribution in [0.3, 0.4) is 0 Å². The number of nitro benzene ring substituents is 1. The Morgan fingerprint density at radius 2 is 1.60 bits per heavy atom. The lowest BCUT2D eigenvalue weighted by Crippen LogP contribution is -2.24. The van der Waals surface area contributed by atoms with Crippen molar-refractivity contribution in [3.05, 3.63) is 100 Å². The van der Waals surface area contributed by atoms with E-state index in [0.717, 1.165) is 16.8 Å². The highest BCUT2D eigenvalue weighted by atomic mass is 16.6. The predicted octanol–water partition coefficient (Wildman–Crippen LogP) is 4.88. The molecule has 0 aromatic heterocycles. The van der Waals surface area contributed by atoms with E-state index in [0.29, 0.717) is 11.4 Å². The minimum absolute atomic E-state index is 0.0522. The molecule has 0 amide bonds. The second-order valence-electron chi connectivity index (χ2n) is 5.81. The molecule has 1 aliphatic rings. The van der Waals surface area contributed by atoms with E-state index in [-0.39, 0.29) is 11.7 Å². The zero-order valence-electron chi connectivity index (χ0n) is 13.3. The molecule has 0 saturated carbocycles. The van der Waals surface area contributed by atoms with Gasteiger partial charge in [0, 0.05) is 12.1 Å². The van der Waals surface area contributed by atoms with Crippen LogP contribution < -0.4 is 5.32 Å². The van der Waals surface area contributed by atoms with Crippen molar-refractivity contribution in [3.63, 3.8) is 0 Å². The molecule has 0 radical (unpaired) electrons. The summed E-state index contributed by atoms with van der Waals surface area (Å²) in [6.45, 7) is 0. The summed E-state index contributed by atoms with van der Waals surface area (Å²) < 4.78 is 0. The summed E-state index contributed by atoms with van der Waals surface area (Å²) in [5.41, 5.74) is 4.40. The molecule has 3 aromatic carbocycles. The van der Waals surface area contributed by atoms with E-state index in [1.54, 1.807) is 6.07 Å². The van der Waals surface area contributed by atoms with Gasteiger partial charge in [-0.05, 0) is 17.2 Å². The molecule has 1 atom stereocenters. The summed E-state index contributed by atoms with van der Waals surface area (Å²) in [6, 6.07) is 24.5. The Balaban J connectivity index is 1.86. The van der Waals surface area contributed by atoms with Crippen molar-refractivity contribution < 1.29 is 4.92 Å². The SMILES string of the molecule is O=[N+]([O-])c1ccc2c(c1)NC(c1ccccc1)C(c1ccccc1)=N2. The first-order valence-corrected chi connectivity index (χ1v) is 7.96. The molecule has 5 heteroatoms. The van der Waals surface area contributed by atoms with Crippen LogP contribution in [0.1, 0.15) is 17.2 Å². The summed E-state index contributed by atoms with van der Waals surface area (Å²) in [5.74, 6) is 0. The molecule has 1 heterocycles. The van der Waals surface area contributed by atoms with Gasteiger partial charge in [0.1, 0.15) is 0 Å². The Labute approximate surface area is 144 Å². The fourth-order valence-electron chi connectivity index (χ4n) is 3.00. The van der Waals surface area contributed by atoms with Crippen LogP contribution in [-0.2, 0) is 0 Å². The molecule has 4 rings (SSSR count). The molecule has 0 spiro atoms. The van der Waals surface area contributed by atoms with E-state index in [9.17, 15) is 10.1 Å². The topological polar surface area (TPSA) is 67.5 Å². The average Bonchev–Trinajstić information content (AvgIpc) is 2.68. The number of nitrogens with zero attached hydrogens (tertiary/aromatic N) is 2. The number of hydrogen-bond acceptors (Lipinski definition) is 4. The molecule has 0 fully saturated rings. The molecule has 0 saturated heterocycles. The maximum Gasteiger partial charge on any atom is 0.271 e. The average molecular weight is 329 g/mol. The van der Waals surface area contributed by atoms with Crippen LogP contribution in [-0.4, -0.2) is 10.6 Å². The standard InChI is InChI=1S/C20H15N3O2/c24-23(25)16-11-12-17-18(13-16)22-20(15-9-5-2-6-10-15)19(21-17)14-7-3-1-4-8-14/h1-13,20,22H. The van der Waals surface area contributed by atoms with Gasteiger partial charge in [0.25, 0.3) is 5.69 Å². The maximum absolute atomic E-state index is 11.1. The molecule has 0 aliphatic carbocycles. The smallest absolute Gasteiger partial charge is 0.271 e. The molecule has 122 valence electrons. The van der Waals surface area contributed by atoms with Gasteiger partial charge in [0.2, 0.25) is 0 Å². The van der Waals surface area contributed by atoms with Crippen LogP contribution in [0.15, 0.2) is 83.9 Å². The van der Waals surface area contributed by atoms with E-state index in [1.807, 2.05) is 60.7 Å². The lowest BCUT2D eigenvalue weighted by atomic mass is 9.94. The summed E-state index contributed by atoms with van der Waals surface area (Å²) in [7, 11) is 0. The Kier molecular flexibility index (Phi) is 3.74. The first kappa shape index (κ1) is 15.1. The number of nitrogens with one attached hydrogen (secondary N) is 1. The van der Waals surface area contributed by atoms with E-state index in [4.69, 9.17) is 4.99 Å². The Bertz CT molecular complexity index is 953. The monoisotopic (exact) mass is 329 g/mol. The zero-order chi connectivity index (χ0) is 17.2. The Morgan fingerprint density at radius 1 is 0.920 bits per heavy atom. The zero-order valence-corrected chi connectivity index (χ0v) is 13.3. The highest BCUT2D eigenvalue weighted by Crippen LogP contribution is 2.38. The van der Waals surface area contributed by atoms with Crippen molar-refractivity contribution in [2.24, 2.45) is 4.99 Å². The van der Waals surface area contributed by atoms with Gasteiger partial charge in [-0.2, -0.15) is 0 Å². The first-order valence-electron chi connectivity index (χ1n) is 7.96. The third-order valence-corrected chi connectivity index (χ3v) is 4.21. The van der Waals surface area contributed by atoms with Gasteiger partial charge in [-0.3, -0.25) is 10.1 Å². The molecule has 0 bridgehead atoms. The molecule has 1 unspecified atom stereocenters. The number of aliphatic imine (C=N–C) groups is 1. The minimum Gasteiger partial charge on any atom is -0.371 e. The lowest BCUT2D eigenvalue weighted by Gasteiger charge is -2.27. The molecule has 3 aromatic rings. The molecule has 25 heavy (non-hydrogen) atoms. The van der Waals surface area contributed by atoms with Crippen molar-refractivity contribution in [3.8, 4) is 0 Å². The van der Waals surface area contributed by atoms with Gasteiger partial charge in [0.05, 0.1) is 28.1 Å². The van der Waals surface area contributed by atoms with Gasteiger partial charge in [-0.25, -0.2) is 4.99 Å². The van der Waals surface area contributed by atoms with Crippen molar-refractivity contribution in [1.29, 1.82) is 0 Å². The highest BCUT2D eigenvalue weighted by molar-refractivity contribution is 6.10. The fourth-order valence-corrected chi connectivity index (χ4v) is 3.00. The van der Waals surface area contributed by atoms with Gasteiger partial charge >= 0.3 is 0 Å². The summed E-state index contributed by atoms with van der Waals surface area (Å²) in [5, 5.41) is 14.5. The van der Waals surface area contributed by atoms with E-state index >= 15 is 0 Å². The van der Waals surface area contributed by atoms with E-state index < -0.39 is 4.92 Å². The lowest BCUT2D eigenvalue weighted by molar-refractivity contribution is -0.384. The van der Waals surface area contributed by atoms with Crippen molar-refractivity contribution in [1.82, 2.24) is 0 Å². The van der Waals surface area contributed by atoms with Crippen LogP contribution in [0.4, 0.5) is 17.1 Å². The fraction of sp³-hybridized carbons (Fsp3) is 0.0500. The van der Waals surface area contributed by atoms with Crippen LogP contribution in [0.25, 0.3) is 0 Å². The number of hydrogen-bond donors (Lipinski definition) is 1. The number of benzene rings is 3. The number of fused-ring (bicyclic) bond motifs is 1. The summed E-state index contributed by atoms with van der Waals surface area (Å²) in [4.78, 5) is 15.5. The van der Waals surface area contributed by atoms with Crippen LogP contribution in [0.2, 0.25) is 0 Å². The van der Waals surface area contributed by atoms with Crippen LogP contribution in [0, 0.1) is 10.1 Å². The number of non-ortho nitro benzene ring substituents is 1. The second kappa shape index (κ2) is 6.20. The molecular weight excluding hydrogens is 314 g/mol. The first-order chi connectivity index (χ1) is 12.2. The van der Waals surface area contributed by atoms with Gasteiger partial charge < -0.3 is 5.32 Å². The molecular formula is C20H15N3O2. The van der Waals surface area contributed by atoms with E-state index in [1.165, 1.54) is 12.1 Å². The normalized spacial score (nSPS) is 15.7. The second-order valence-corrected chi connectivity index (χ2v) is 5.81. The number of nitro groups is 1. The van der Waals surface area contributed by atoms with Crippen LogP contribution >= 0.6 is 0 Å².